The molecule has 1 amide bonds. The SMILES string of the molecule is CCC(C)NC(=O)/C(C#N)=C\NC(C)(C)C. The van der Waals surface area contributed by atoms with Crippen molar-refractivity contribution in [1.29, 1.82) is 5.26 Å². The highest BCUT2D eigenvalue weighted by molar-refractivity contribution is 5.97. The Morgan fingerprint density at radius 3 is 2.44 bits per heavy atom. The molecule has 0 heterocycles. The quantitative estimate of drug-likeness (QED) is 0.563. The van der Waals surface area contributed by atoms with Crippen molar-refractivity contribution in [3.8, 4) is 6.07 Å². The van der Waals surface area contributed by atoms with E-state index < -0.39 is 0 Å². The van der Waals surface area contributed by atoms with Gasteiger partial charge in [0.25, 0.3) is 5.91 Å². The molecule has 16 heavy (non-hydrogen) atoms. The third kappa shape index (κ3) is 6.07. The molecule has 0 radical (unpaired) electrons. The monoisotopic (exact) mass is 223 g/mol. The number of nitrogens with one attached hydrogen (secondary N) is 2. The Morgan fingerprint density at radius 1 is 1.50 bits per heavy atom. The fourth-order valence-electron chi connectivity index (χ4n) is 0.841. The summed E-state index contributed by atoms with van der Waals surface area (Å²) in [7, 11) is 0. The molecule has 4 heteroatoms. The molecule has 0 aliphatic rings. The summed E-state index contributed by atoms with van der Waals surface area (Å²) >= 11 is 0. The van der Waals surface area contributed by atoms with Crippen LogP contribution in [0.3, 0.4) is 0 Å². The Balaban J connectivity index is 4.51. The molecule has 0 spiro atoms. The molecule has 0 aromatic carbocycles. The van der Waals surface area contributed by atoms with Crippen LogP contribution in [-0.4, -0.2) is 17.5 Å². The van der Waals surface area contributed by atoms with Crippen molar-refractivity contribution in [1.82, 2.24) is 10.6 Å². The third-order valence-corrected chi connectivity index (χ3v) is 2.00. The first-order chi connectivity index (χ1) is 7.30. The Kier molecular flexibility index (Phi) is 5.59. The zero-order valence-electron chi connectivity index (χ0n) is 10.7. The number of carbonyl (C=O) groups excluding carboxylic acids is 1. The molecule has 0 aromatic heterocycles. The second kappa shape index (κ2) is 6.16. The van der Waals surface area contributed by atoms with Gasteiger partial charge in [0.1, 0.15) is 11.6 Å². The van der Waals surface area contributed by atoms with Gasteiger partial charge in [0.15, 0.2) is 0 Å². The molecule has 0 fully saturated rings. The lowest BCUT2D eigenvalue weighted by molar-refractivity contribution is -0.117. The molecular formula is C12H21N3O. The molecule has 2 N–H and O–H groups in total. The summed E-state index contributed by atoms with van der Waals surface area (Å²) in [5.41, 5.74) is -0.0473. The largest absolute Gasteiger partial charge is 0.385 e. The predicted molar refractivity (Wildman–Crippen MR) is 64.5 cm³/mol. The van der Waals surface area contributed by atoms with Gasteiger partial charge in [0.05, 0.1) is 0 Å². The van der Waals surface area contributed by atoms with Gasteiger partial charge in [-0.2, -0.15) is 5.26 Å². The van der Waals surface area contributed by atoms with E-state index in [0.717, 1.165) is 6.42 Å². The average molecular weight is 223 g/mol. The van der Waals surface area contributed by atoms with Crippen molar-refractivity contribution in [2.75, 3.05) is 0 Å². The normalized spacial score (nSPS) is 13.9. The number of rotatable bonds is 4. The van der Waals surface area contributed by atoms with Crippen LogP contribution < -0.4 is 10.6 Å². The van der Waals surface area contributed by atoms with Crippen molar-refractivity contribution in [3.05, 3.63) is 11.8 Å². The zero-order valence-corrected chi connectivity index (χ0v) is 10.7. The molecular weight excluding hydrogens is 202 g/mol. The van der Waals surface area contributed by atoms with Gasteiger partial charge in [-0.25, -0.2) is 0 Å². The van der Waals surface area contributed by atoms with E-state index in [1.54, 1.807) is 0 Å². The fourth-order valence-corrected chi connectivity index (χ4v) is 0.841. The summed E-state index contributed by atoms with van der Waals surface area (Å²) in [5, 5.41) is 14.6. The minimum absolute atomic E-state index is 0.0823. The van der Waals surface area contributed by atoms with Gasteiger partial charge in [-0.15, -0.1) is 0 Å². The van der Waals surface area contributed by atoms with Crippen LogP contribution in [-0.2, 0) is 4.79 Å². The summed E-state index contributed by atoms with van der Waals surface area (Å²) in [4.78, 5) is 11.6. The first kappa shape index (κ1) is 14.5. The van der Waals surface area contributed by atoms with Gasteiger partial charge in [0, 0.05) is 17.8 Å². The number of nitriles is 1. The molecule has 0 aromatic rings. The highest BCUT2D eigenvalue weighted by Crippen LogP contribution is 2.01. The summed E-state index contributed by atoms with van der Waals surface area (Å²) in [5.74, 6) is -0.325. The van der Waals surface area contributed by atoms with Gasteiger partial charge in [0.2, 0.25) is 0 Å². The summed E-state index contributed by atoms with van der Waals surface area (Å²) < 4.78 is 0. The molecule has 0 saturated heterocycles. The third-order valence-electron chi connectivity index (χ3n) is 2.00. The topological polar surface area (TPSA) is 64.9 Å². The number of hydrogen-bond acceptors (Lipinski definition) is 3. The Labute approximate surface area is 97.7 Å². The molecule has 0 aliphatic carbocycles. The highest BCUT2D eigenvalue weighted by Gasteiger charge is 2.13. The Morgan fingerprint density at radius 2 is 2.06 bits per heavy atom. The van der Waals surface area contributed by atoms with Crippen molar-refractivity contribution in [2.45, 2.75) is 52.6 Å². The lowest BCUT2D eigenvalue weighted by atomic mass is 10.1. The predicted octanol–water partition coefficient (Wildman–Crippen LogP) is 1.70. The van der Waals surface area contributed by atoms with Gasteiger partial charge in [-0.05, 0) is 34.1 Å². The van der Waals surface area contributed by atoms with E-state index in [9.17, 15) is 4.79 Å². The molecule has 1 unspecified atom stereocenters. The van der Waals surface area contributed by atoms with E-state index in [2.05, 4.69) is 10.6 Å². The second-order valence-corrected chi connectivity index (χ2v) is 4.85. The molecule has 90 valence electrons. The molecule has 1 atom stereocenters. The number of amides is 1. The van der Waals surface area contributed by atoms with Gasteiger partial charge >= 0.3 is 0 Å². The van der Waals surface area contributed by atoms with E-state index in [-0.39, 0.29) is 23.1 Å². The van der Waals surface area contributed by atoms with Crippen LogP contribution in [0, 0.1) is 11.3 Å². The fraction of sp³-hybridized carbons (Fsp3) is 0.667. The summed E-state index contributed by atoms with van der Waals surface area (Å²) in [6.07, 6.45) is 2.31. The Hall–Kier alpha value is -1.50. The van der Waals surface area contributed by atoms with Gasteiger partial charge < -0.3 is 10.6 Å². The van der Waals surface area contributed by atoms with Crippen LogP contribution in [0.15, 0.2) is 11.8 Å². The minimum atomic E-state index is -0.325. The zero-order chi connectivity index (χ0) is 12.8. The minimum Gasteiger partial charge on any atom is -0.385 e. The number of hydrogen-bond donors (Lipinski definition) is 2. The van der Waals surface area contributed by atoms with E-state index in [1.165, 1.54) is 6.20 Å². The first-order valence-corrected chi connectivity index (χ1v) is 5.49. The van der Waals surface area contributed by atoms with Crippen LogP contribution in [0.1, 0.15) is 41.0 Å². The molecule has 4 nitrogen and oxygen atoms in total. The van der Waals surface area contributed by atoms with E-state index in [0.29, 0.717) is 0 Å². The van der Waals surface area contributed by atoms with Crippen molar-refractivity contribution in [2.24, 2.45) is 0 Å². The number of carbonyl (C=O) groups is 1. The molecule has 0 rings (SSSR count). The van der Waals surface area contributed by atoms with E-state index in [4.69, 9.17) is 5.26 Å². The van der Waals surface area contributed by atoms with Crippen molar-refractivity contribution >= 4 is 5.91 Å². The smallest absolute Gasteiger partial charge is 0.263 e. The summed E-state index contributed by atoms with van der Waals surface area (Å²) in [6, 6.07) is 1.97. The van der Waals surface area contributed by atoms with Crippen LogP contribution in [0.4, 0.5) is 0 Å². The second-order valence-electron chi connectivity index (χ2n) is 4.85. The highest BCUT2D eigenvalue weighted by atomic mass is 16.1. The van der Waals surface area contributed by atoms with Crippen LogP contribution in [0.25, 0.3) is 0 Å². The van der Waals surface area contributed by atoms with Gasteiger partial charge in [-0.3, -0.25) is 4.79 Å². The lowest BCUT2D eigenvalue weighted by Crippen LogP contribution is -2.35. The lowest BCUT2D eigenvalue weighted by Gasteiger charge is -2.19. The van der Waals surface area contributed by atoms with Crippen LogP contribution in [0.5, 0.6) is 0 Å². The maximum absolute atomic E-state index is 11.6. The van der Waals surface area contributed by atoms with Crippen LogP contribution in [0.2, 0.25) is 0 Å². The first-order valence-electron chi connectivity index (χ1n) is 5.49. The average Bonchev–Trinajstić information content (AvgIpc) is 2.16. The molecule has 0 aliphatic heterocycles. The molecule has 0 saturated carbocycles. The number of nitrogens with zero attached hydrogens (tertiary/aromatic N) is 1. The maximum Gasteiger partial charge on any atom is 0.263 e. The van der Waals surface area contributed by atoms with Gasteiger partial charge in [-0.1, -0.05) is 6.92 Å². The maximum atomic E-state index is 11.6. The van der Waals surface area contributed by atoms with E-state index in [1.807, 2.05) is 40.7 Å². The van der Waals surface area contributed by atoms with E-state index >= 15 is 0 Å². The Bertz CT molecular complexity index is 307. The molecule has 0 bridgehead atoms. The van der Waals surface area contributed by atoms with Crippen molar-refractivity contribution in [3.63, 3.8) is 0 Å². The summed E-state index contributed by atoms with van der Waals surface area (Å²) in [6.45, 7) is 9.78. The van der Waals surface area contributed by atoms with Crippen LogP contribution >= 0.6 is 0 Å². The standard InChI is InChI=1S/C12H21N3O/c1-6-9(2)15-11(16)10(7-13)8-14-12(3,4)5/h8-9,14H,6H2,1-5H3,(H,15,16)/b10-8-. The van der Waals surface area contributed by atoms with Crippen molar-refractivity contribution < 1.29 is 4.79 Å².